The van der Waals surface area contributed by atoms with Gasteiger partial charge < -0.3 is 4.98 Å². The van der Waals surface area contributed by atoms with Crippen molar-refractivity contribution in [3.05, 3.63) is 109 Å². The molecule has 0 aliphatic heterocycles. The summed E-state index contributed by atoms with van der Waals surface area (Å²) in [5.41, 5.74) is 4.96. The summed E-state index contributed by atoms with van der Waals surface area (Å²) in [4.78, 5) is 20.6. The van der Waals surface area contributed by atoms with E-state index in [1.54, 1.807) is 11.3 Å². The summed E-state index contributed by atoms with van der Waals surface area (Å²) in [6.07, 6.45) is 5.71. The van der Waals surface area contributed by atoms with Gasteiger partial charge in [-0.2, -0.15) is 0 Å². The Morgan fingerprint density at radius 3 is 2.56 bits per heavy atom. The zero-order chi connectivity index (χ0) is 26.8. The van der Waals surface area contributed by atoms with Gasteiger partial charge in [0.05, 0.1) is 6.04 Å². The standard InChI is InChI=1S/C31H34N6OS/c1-21-16-24-18-27(31(38)32-28(24)17-22(21)2)29(30-33-34-35-37(30)25-12-7-4-8-13-25)36(20-26-14-9-15-39-26)19-23-10-5-3-6-11-23/h3,5-6,9-11,14-18,25,29H,4,7-8,12-13,19-20H2,1-2H3,(H,32,38). The van der Waals surface area contributed by atoms with Crippen LogP contribution >= 0.6 is 11.3 Å². The molecule has 1 unspecified atom stereocenters. The Labute approximate surface area is 232 Å². The molecule has 3 heterocycles. The number of H-pyrrole nitrogens is 1. The maximum atomic E-state index is 13.9. The molecule has 0 radical (unpaired) electrons. The molecule has 8 heteroatoms. The van der Waals surface area contributed by atoms with Crippen molar-refractivity contribution in [1.29, 1.82) is 0 Å². The van der Waals surface area contributed by atoms with Crippen molar-refractivity contribution < 1.29 is 0 Å². The van der Waals surface area contributed by atoms with E-state index in [2.05, 4.69) is 99.2 Å². The summed E-state index contributed by atoms with van der Waals surface area (Å²) in [5.74, 6) is 0.739. The number of fused-ring (bicyclic) bond motifs is 1. The molecule has 1 aliphatic rings. The number of pyridine rings is 1. The van der Waals surface area contributed by atoms with E-state index in [9.17, 15) is 4.79 Å². The number of hydrogen-bond donors (Lipinski definition) is 1. The van der Waals surface area contributed by atoms with Gasteiger partial charge in [0.15, 0.2) is 5.82 Å². The van der Waals surface area contributed by atoms with Gasteiger partial charge >= 0.3 is 0 Å². The molecule has 1 aliphatic carbocycles. The molecule has 200 valence electrons. The maximum Gasteiger partial charge on any atom is 0.253 e. The minimum absolute atomic E-state index is 0.0989. The summed E-state index contributed by atoms with van der Waals surface area (Å²) in [7, 11) is 0. The van der Waals surface area contributed by atoms with E-state index in [0.717, 1.165) is 35.1 Å². The highest BCUT2D eigenvalue weighted by molar-refractivity contribution is 7.09. The van der Waals surface area contributed by atoms with Crippen LogP contribution in [0.1, 0.15) is 77.1 Å². The monoisotopic (exact) mass is 538 g/mol. The van der Waals surface area contributed by atoms with Crippen molar-refractivity contribution in [3.63, 3.8) is 0 Å². The predicted molar refractivity (Wildman–Crippen MR) is 156 cm³/mol. The summed E-state index contributed by atoms with van der Waals surface area (Å²) in [6, 6.07) is 20.8. The number of aromatic nitrogens is 5. The molecule has 7 nitrogen and oxygen atoms in total. The third-order valence-electron chi connectivity index (χ3n) is 8.00. The quantitative estimate of drug-likeness (QED) is 0.244. The Morgan fingerprint density at radius 1 is 1.00 bits per heavy atom. The summed E-state index contributed by atoms with van der Waals surface area (Å²) < 4.78 is 2.01. The second kappa shape index (κ2) is 11.2. The topological polar surface area (TPSA) is 79.7 Å². The average molecular weight is 539 g/mol. The van der Waals surface area contributed by atoms with E-state index in [0.29, 0.717) is 18.7 Å². The molecule has 1 atom stereocenters. The van der Waals surface area contributed by atoms with Crippen molar-refractivity contribution in [2.75, 3.05) is 0 Å². The van der Waals surface area contributed by atoms with Crippen LogP contribution in [0.2, 0.25) is 0 Å². The van der Waals surface area contributed by atoms with Gasteiger partial charge in [-0.25, -0.2) is 4.68 Å². The van der Waals surface area contributed by atoms with Crippen LogP contribution in [-0.4, -0.2) is 30.1 Å². The fourth-order valence-corrected chi connectivity index (χ4v) is 6.55. The predicted octanol–water partition coefficient (Wildman–Crippen LogP) is 6.49. The van der Waals surface area contributed by atoms with Gasteiger partial charge in [0, 0.05) is 29.0 Å². The number of nitrogens with one attached hydrogen (secondary N) is 1. The van der Waals surface area contributed by atoms with E-state index in [1.807, 2.05) is 10.7 Å². The summed E-state index contributed by atoms with van der Waals surface area (Å²) in [6.45, 7) is 5.52. The van der Waals surface area contributed by atoms with Crippen LogP contribution < -0.4 is 5.56 Å². The molecule has 2 aromatic carbocycles. The molecule has 39 heavy (non-hydrogen) atoms. The highest BCUT2D eigenvalue weighted by Crippen LogP contribution is 2.35. The Kier molecular flexibility index (Phi) is 7.39. The lowest BCUT2D eigenvalue weighted by Gasteiger charge is -2.32. The largest absolute Gasteiger partial charge is 0.322 e. The van der Waals surface area contributed by atoms with Crippen LogP contribution in [-0.2, 0) is 13.1 Å². The fraction of sp³-hybridized carbons (Fsp3) is 0.355. The van der Waals surface area contributed by atoms with E-state index < -0.39 is 6.04 Å². The summed E-state index contributed by atoms with van der Waals surface area (Å²) >= 11 is 1.73. The zero-order valence-corrected chi connectivity index (χ0v) is 23.3. The number of thiophene rings is 1. The lowest BCUT2D eigenvalue weighted by Crippen LogP contribution is -2.35. The first-order valence-electron chi connectivity index (χ1n) is 13.8. The Hall–Kier alpha value is -3.62. The first kappa shape index (κ1) is 25.6. The number of tetrazole rings is 1. The molecule has 5 aromatic rings. The minimum Gasteiger partial charge on any atom is -0.322 e. The third kappa shape index (κ3) is 5.44. The molecule has 0 amide bonds. The molecule has 1 N–H and O–H groups in total. The highest BCUT2D eigenvalue weighted by Gasteiger charge is 2.33. The molecule has 1 saturated carbocycles. The highest BCUT2D eigenvalue weighted by atomic mass is 32.1. The average Bonchev–Trinajstić information content (AvgIpc) is 3.64. The minimum atomic E-state index is -0.418. The molecule has 0 saturated heterocycles. The van der Waals surface area contributed by atoms with Gasteiger partial charge in [-0.3, -0.25) is 9.69 Å². The van der Waals surface area contributed by atoms with Gasteiger partial charge in [-0.05, 0) is 88.8 Å². The Bertz CT molecular complexity index is 1600. The first-order chi connectivity index (χ1) is 19.1. The number of benzene rings is 2. The maximum absolute atomic E-state index is 13.9. The Balaban J connectivity index is 1.53. The van der Waals surface area contributed by atoms with Crippen LogP contribution in [0.15, 0.2) is 70.8 Å². The SMILES string of the molecule is Cc1cc2cc(C(c3nnnn3C3CCCCC3)N(Cc3ccccc3)Cc3cccs3)c(=O)[nH]c2cc1C. The normalized spacial score (nSPS) is 15.3. The number of rotatable bonds is 8. The van der Waals surface area contributed by atoms with Crippen molar-refractivity contribution in [3.8, 4) is 0 Å². The van der Waals surface area contributed by atoms with Crippen LogP contribution in [0.25, 0.3) is 10.9 Å². The van der Waals surface area contributed by atoms with E-state index in [-0.39, 0.29) is 11.6 Å². The van der Waals surface area contributed by atoms with E-state index in [1.165, 1.54) is 35.3 Å². The molecule has 3 aromatic heterocycles. The first-order valence-corrected chi connectivity index (χ1v) is 14.7. The van der Waals surface area contributed by atoms with E-state index in [4.69, 9.17) is 0 Å². The number of aryl methyl sites for hydroxylation is 2. The molecule has 0 spiro atoms. The second-order valence-electron chi connectivity index (χ2n) is 10.7. The molecule has 6 rings (SSSR count). The van der Waals surface area contributed by atoms with Gasteiger partial charge in [-0.1, -0.05) is 55.7 Å². The zero-order valence-electron chi connectivity index (χ0n) is 22.5. The number of nitrogens with zero attached hydrogens (tertiary/aromatic N) is 5. The molecular weight excluding hydrogens is 504 g/mol. The van der Waals surface area contributed by atoms with Gasteiger partial charge in [0.25, 0.3) is 5.56 Å². The van der Waals surface area contributed by atoms with Crippen molar-refractivity contribution in [2.45, 2.75) is 71.1 Å². The Morgan fingerprint density at radius 2 is 1.79 bits per heavy atom. The fourth-order valence-electron chi connectivity index (χ4n) is 5.82. The van der Waals surface area contributed by atoms with Gasteiger partial charge in [0.2, 0.25) is 0 Å². The third-order valence-corrected chi connectivity index (χ3v) is 8.86. The molecular formula is C31H34N6OS. The molecule has 1 fully saturated rings. The smallest absolute Gasteiger partial charge is 0.253 e. The van der Waals surface area contributed by atoms with Gasteiger partial charge in [0.1, 0.15) is 6.04 Å². The van der Waals surface area contributed by atoms with Crippen LogP contribution in [0.4, 0.5) is 0 Å². The summed E-state index contributed by atoms with van der Waals surface area (Å²) in [5, 5.41) is 16.4. The van der Waals surface area contributed by atoms with E-state index >= 15 is 0 Å². The van der Waals surface area contributed by atoms with Crippen molar-refractivity contribution in [2.24, 2.45) is 0 Å². The lowest BCUT2D eigenvalue weighted by atomic mass is 9.95. The number of hydrogen-bond acceptors (Lipinski definition) is 6. The second-order valence-corrected chi connectivity index (χ2v) is 11.8. The molecule has 0 bridgehead atoms. The lowest BCUT2D eigenvalue weighted by molar-refractivity contribution is 0.188. The van der Waals surface area contributed by atoms with Crippen LogP contribution in [0.5, 0.6) is 0 Å². The number of aromatic amines is 1. The van der Waals surface area contributed by atoms with Crippen molar-refractivity contribution >= 4 is 22.2 Å². The van der Waals surface area contributed by atoms with Gasteiger partial charge in [-0.15, -0.1) is 16.4 Å². The van der Waals surface area contributed by atoms with Crippen LogP contribution in [0.3, 0.4) is 0 Å². The van der Waals surface area contributed by atoms with Crippen molar-refractivity contribution in [1.82, 2.24) is 30.1 Å². The van der Waals surface area contributed by atoms with Crippen LogP contribution in [0, 0.1) is 13.8 Å².